The summed E-state index contributed by atoms with van der Waals surface area (Å²) in [6.45, 7) is 1.48. The van der Waals surface area contributed by atoms with Gasteiger partial charge < -0.3 is 14.7 Å². The Labute approximate surface area is 149 Å². The fourth-order valence-electron chi connectivity index (χ4n) is 2.44. The van der Waals surface area contributed by atoms with Crippen LogP contribution in [-0.4, -0.2) is 42.1 Å². The summed E-state index contributed by atoms with van der Waals surface area (Å²) < 4.78 is 5.10. The molecule has 2 rings (SSSR count). The molecule has 2 aromatic heterocycles. The number of thiophene rings is 2. The number of carboxylic acids is 1. The number of aliphatic carboxylic acids is 1. The van der Waals surface area contributed by atoms with Gasteiger partial charge in [-0.25, -0.2) is 0 Å². The SMILES string of the molecule is COCCN(Cc1ccsc1)C(=O)C[C@H](CC(=O)O)c1cccs1. The van der Waals surface area contributed by atoms with Crippen molar-refractivity contribution in [1.29, 1.82) is 0 Å². The molecule has 0 aliphatic rings. The van der Waals surface area contributed by atoms with Crippen molar-refractivity contribution in [1.82, 2.24) is 4.90 Å². The van der Waals surface area contributed by atoms with Crippen molar-refractivity contribution >= 4 is 34.6 Å². The van der Waals surface area contributed by atoms with Crippen LogP contribution in [0.4, 0.5) is 0 Å². The second-order valence-corrected chi connectivity index (χ2v) is 7.21. The van der Waals surface area contributed by atoms with E-state index in [2.05, 4.69) is 0 Å². The number of amides is 1. The third-order valence-corrected chi connectivity index (χ3v) is 5.43. The Morgan fingerprint density at radius 3 is 2.71 bits per heavy atom. The standard InChI is InChI=1S/C17H21NO4S2/c1-22-6-5-18(11-13-4-8-23-12-13)16(19)9-14(10-17(20)21)15-3-2-7-24-15/h2-4,7-8,12,14H,5-6,9-11H2,1H3,(H,20,21)/t14-/m1/s1. The quantitative estimate of drug-likeness (QED) is 0.699. The van der Waals surface area contributed by atoms with Gasteiger partial charge in [0, 0.05) is 37.4 Å². The molecule has 0 aliphatic heterocycles. The fourth-order valence-corrected chi connectivity index (χ4v) is 3.93. The van der Waals surface area contributed by atoms with E-state index in [0.29, 0.717) is 19.7 Å². The maximum atomic E-state index is 12.7. The Morgan fingerprint density at radius 1 is 1.29 bits per heavy atom. The summed E-state index contributed by atoms with van der Waals surface area (Å²) in [5, 5.41) is 15.0. The summed E-state index contributed by atoms with van der Waals surface area (Å²) in [4.78, 5) is 26.6. The molecule has 130 valence electrons. The van der Waals surface area contributed by atoms with Crippen LogP contribution in [0, 0.1) is 0 Å². The molecule has 7 heteroatoms. The van der Waals surface area contributed by atoms with E-state index in [1.54, 1.807) is 23.3 Å². The summed E-state index contributed by atoms with van der Waals surface area (Å²) >= 11 is 3.09. The zero-order chi connectivity index (χ0) is 17.4. The van der Waals surface area contributed by atoms with Crippen LogP contribution in [-0.2, 0) is 20.9 Å². The van der Waals surface area contributed by atoms with Crippen LogP contribution in [0.1, 0.15) is 29.2 Å². The van der Waals surface area contributed by atoms with Gasteiger partial charge in [0.15, 0.2) is 0 Å². The Kier molecular flexibility index (Phi) is 7.42. The number of hydrogen-bond donors (Lipinski definition) is 1. The Balaban J connectivity index is 2.06. The smallest absolute Gasteiger partial charge is 0.304 e. The van der Waals surface area contributed by atoms with Crippen LogP contribution < -0.4 is 0 Å². The predicted octanol–water partition coefficient (Wildman–Crippen LogP) is 3.43. The highest BCUT2D eigenvalue weighted by Crippen LogP contribution is 2.28. The predicted molar refractivity (Wildman–Crippen MR) is 95.5 cm³/mol. The average molecular weight is 367 g/mol. The van der Waals surface area contributed by atoms with Crippen LogP contribution in [0.25, 0.3) is 0 Å². The van der Waals surface area contributed by atoms with Gasteiger partial charge in [-0.3, -0.25) is 9.59 Å². The van der Waals surface area contributed by atoms with E-state index in [4.69, 9.17) is 9.84 Å². The lowest BCUT2D eigenvalue weighted by atomic mass is 9.98. The summed E-state index contributed by atoms with van der Waals surface area (Å²) in [6.07, 6.45) is 0.156. The lowest BCUT2D eigenvalue weighted by molar-refractivity contribution is -0.138. The molecule has 0 saturated carbocycles. The van der Waals surface area contributed by atoms with E-state index in [1.807, 2.05) is 34.3 Å². The third kappa shape index (κ3) is 5.74. The molecule has 0 bridgehead atoms. The van der Waals surface area contributed by atoms with Gasteiger partial charge in [-0.1, -0.05) is 6.07 Å². The molecule has 0 spiro atoms. The van der Waals surface area contributed by atoms with Crippen molar-refractivity contribution in [3.8, 4) is 0 Å². The molecule has 2 aromatic rings. The molecule has 0 aromatic carbocycles. The minimum atomic E-state index is -0.887. The van der Waals surface area contributed by atoms with Gasteiger partial charge in [-0.2, -0.15) is 11.3 Å². The van der Waals surface area contributed by atoms with Crippen molar-refractivity contribution < 1.29 is 19.4 Å². The molecule has 2 heterocycles. The summed E-state index contributed by atoms with van der Waals surface area (Å²) in [7, 11) is 1.60. The second-order valence-electron chi connectivity index (χ2n) is 5.45. The number of methoxy groups -OCH3 is 1. The maximum Gasteiger partial charge on any atom is 0.304 e. The molecule has 0 fully saturated rings. The summed E-state index contributed by atoms with van der Waals surface area (Å²) in [6, 6.07) is 5.77. The molecule has 0 aliphatic carbocycles. The first-order valence-electron chi connectivity index (χ1n) is 7.63. The number of carbonyl (C=O) groups excluding carboxylic acids is 1. The zero-order valence-corrected chi connectivity index (χ0v) is 15.1. The van der Waals surface area contributed by atoms with Gasteiger partial charge in [0.05, 0.1) is 13.0 Å². The van der Waals surface area contributed by atoms with E-state index in [1.165, 1.54) is 11.3 Å². The van der Waals surface area contributed by atoms with Gasteiger partial charge in [0.2, 0.25) is 5.91 Å². The van der Waals surface area contributed by atoms with Gasteiger partial charge in [-0.15, -0.1) is 11.3 Å². The second kappa shape index (κ2) is 9.56. The molecule has 0 unspecified atom stereocenters. The molecule has 0 saturated heterocycles. The van der Waals surface area contributed by atoms with Crippen LogP contribution >= 0.6 is 22.7 Å². The number of ether oxygens (including phenoxy) is 1. The highest BCUT2D eigenvalue weighted by molar-refractivity contribution is 7.10. The molecular formula is C17H21NO4S2. The third-order valence-electron chi connectivity index (χ3n) is 3.66. The maximum absolute atomic E-state index is 12.7. The van der Waals surface area contributed by atoms with E-state index < -0.39 is 5.97 Å². The van der Waals surface area contributed by atoms with Crippen molar-refractivity contribution in [2.45, 2.75) is 25.3 Å². The number of carboxylic acid groups (broad SMARTS) is 1. The first kappa shape index (κ1) is 18.6. The normalized spacial score (nSPS) is 12.0. The highest BCUT2D eigenvalue weighted by Gasteiger charge is 2.23. The molecule has 0 radical (unpaired) electrons. The largest absolute Gasteiger partial charge is 0.481 e. The fraction of sp³-hybridized carbons (Fsp3) is 0.412. The minimum Gasteiger partial charge on any atom is -0.481 e. The number of hydrogen-bond acceptors (Lipinski definition) is 5. The molecule has 1 amide bonds. The Hall–Kier alpha value is -1.70. The van der Waals surface area contributed by atoms with Crippen molar-refractivity contribution in [2.24, 2.45) is 0 Å². The van der Waals surface area contributed by atoms with E-state index in [9.17, 15) is 9.59 Å². The van der Waals surface area contributed by atoms with Gasteiger partial charge >= 0.3 is 5.97 Å². The lowest BCUT2D eigenvalue weighted by Gasteiger charge is -2.24. The average Bonchev–Trinajstić information content (AvgIpc) is 3.23. The van der Waals surface area contributed by atoms with Crippen molar-refractivity contribution in [3.63, 3.8) is 0 Å². The number of nitrogens with zero attached hydrogens (tertiary/aromatic N) is 1. The molecule has 1 N–H and O–H groups in total. The zero-order valence-electron chi connectivity index (χ0n) is 13.5. The minimum absolute atomic E-state index is 0.0389. The first-order chi connectivity index (χ1) is 11.6. The number of carbonyl (C=O) groups is 2. The van der Waals surface area contributed by atoms with E-state index in [-0.39, 0.29) is 24.7 Å². The van der Waals surface area contributed by atoms with Crippen LogP contribution in [0.5, 0.6) is 0 Å². The van der Waals surface area contributed by atoms with Crippen molar-refractivity contribution in [3.05, 3.63) is 44.8 Å². The van der Waals surface area contributed by atoms with Gasteiger partial charge in [-0.05, 0) is 33.8 Å². The molecule has 5 nitrogen and oxygen atoms in total. The van der Waals surface area contributed by atoms with Gasteiger partial charge in [0.1, 0.15) is 0 Å². The summed E-state index contributed by atoms with van der Waals surface area (Å²) in [5.74, 6) is -1.22. The van der Waals surface area contributed by atoms with Crippen LogP contribution in [0.15, 0.2) is 34.3 Å². The molecule has 1 atom stereocenters. The van der Waals surface area contributed by atoms with Crippen molar-refractivity contribution in [2.75, 3.05) is 20.3 Å². The summed E-state index contributed by atoms with van der Waals surface area (Å²) in [5.41, 5.74) is 1.08. The van der Waals surface area contributed by atoms with Gasteiger partial charge in [0.25, 0.3) is 0 Å². The molecule has 24 heavy (non-hydrogen) atoms. The Bertz CT molecular complexity index is 625. The lowest BCUT2D eigenvalue weighted by Crippen LogP contribution is -2.34. The Morgan fingerprint density at radius 2 is 2.12 bits per heavy atom. The first-order valence-corrected chi connectivity index (χ1v) is 9.45. The monoisotopic (exact) mass is 367 g/mol. The van der Waals surface area contributed by atoms with Crippen LogP contribution in [0.2, 0.25) is 0 Å². The molecular weight excluding hydrogens is 346 g/mol. The van der Waals surface area contributed by atoms with Crippen LogP contribution in [0.3, 0.4) is 0 Å². The van der Waals surface area contributed by atoms with E-state index >= 15 is 0 Å². The topological polar surface area (TPSA) is 66.8 Å². The highest BCUT2D eigenvalue weighted by atomic mass is 32.1. The van der Waals surface area contributed by atoms with E-state index in [0.717, 1.165) is 10.4 Å². The number of rotatable bonds is 10.